The number of phenols is 1. The Morgan fingerprint density at radius 1 is 1.24 bits per heavy atom. The third-order valence-electron chi connectivity index (χ3n) is 4.15. The van der Waals surface area contributed by atoms with E-state index in [2.05, 4.69) is 20.5 Å². The zero-order valence-corrected chi connectivity index (χ0v) is 13.6. The van der Waals surface area contributed by atoms with E-state index in [0.29, 0.717) is 24.6 Å². The van der Waals surface area contributed by atoms with Crippen LogP contribution in [0.2, 0.25) is 0 Å². The van der Waals surface area contributed by atoms with Gasteiger partial charge in [0.2, 0.25) is 5.95 Å². The van der Waals surface area contributed by atoms with Crippen LogP contribution in [0.5, 0.6) is 5.75 Å². The number of nitrogens with one attached hydrogen (secondary N) is 1. The number of aromatic nitrogens is 3. The van der Waals surface area contributed by atoms with E-state index in [-0.39, 0.29) is 23.2 Å². The van der Waals surface area contributed by atoms with Crippen molar-refractivity contribution in [3.63, 3.8) is 0 Å². The summed E-state index contributed by atoms with van der Waals surface area (Å²) in [6, 6.07) is 2.71. The van der Waals surface area contributed by atoms with Crippen molar-refractivity contribution in [1.29, 1.82) is 0 Å². The lowest BCUT2D eigenvalue weighted by molar-refractivity contribution is -0.137. The molecule has 9 heteroatoms. The Morgan fingerprint density at radius 3 is 2.44 bits per heavy atom. The second kappa shape index (κ2) is 5.83. The minimum Gasteiger partial charge on any atom is -0.507 e. The van der Waals surface area contributed by atoms with Crippen LogP contribution >= 0.6 is 0 Å². The maximum Gasteiger partial charge on any atom is 0.416 e. The highest BCUT2D eigenvalue weighted by Gasteiger charge is 2.38. The number of alkyl halides is 3. The molecular formula is C16H17F3N4O2. The van der Waals surface area contributed by atoms with Gasteiger partial charge in [-0.15, -0.1) is 10.2 Å². The van der Waals surface area contributed by atoms with Crippen molar-refractivity contribution in [2.24, 2.45) is 0 Å². The molecule has 1 aliphatic carbocycles. The summed E-state index contributed by atoms with van der Waals surface area (Å²) >= 11 is 0. The van der Waals surface area contributed by atoms with Crippen molar-refractivity contribution < 1.29 is 23.4 Å². The van der Waals surface area contributed by atoms with Gasteiger partial charge in [-0.1, -0.05) is 0 Å². The average Bonchev–Trinajstić information content (AvgIpc) is 2.45. The standard InChI is InChI=1S/C16H17F3N4O2/c1-8-13(11-4-3-9(5-12(11)24)16(17,18)19)22-23-14(20-8)21-10-6-15(2,25)7-10/h3-5,10,24-25H,6-7H2,1-2H3,(H,20,21,23)/t10-,15-. The maximum absolute atomic E-state index is 12.7. The van der Waals surface area contributed by atoms with Crippen LogP contribution in [0.4, 0.5) is 19.1 Å². The molecule has 134 valence electrons. The number of benzene rings is 1. The van der Waals surface area contributed by atoms with Gasteiger partial charge >= 0.3 is 6.18 Å². The van der Waals surface area contributed by atoms with Crippen molar-refractivity contribution in [2.75, 3.05) is 5.32 Å². The van der Waals surface area contributed by atoms with Crippen LogP contribution in [0.15, 0.2) is 18.2 Å². The van der Waals surface area contributed by atoms with E-state index in [1.165, 1.54) is 0 Å². The predicted molar refractivity (Wildman–Crippen MR) is 83.9 cm³/mol. The summed E-state index contributed by atoms with van der Waals surface area (Å²) < 4.78 is 38.0. The van der Waals surface area contributed by atoms with E-state index in [1.807, 2.05) is 0 Å². The van der Waals surface area contributed by atoms with E-state index in [9.17, 15) is 23.4 Å². The second-order valence-electron chi connectivity index (χ2n) is 6.55. The lowest BCUT2D eigenvalue weighted by atomic mass is 9.77. The van der Waals surface area contributed by atoms with Gasteiger partial charge in [0.15, 0.2) is 0 Å². The van der Waals surface area contributed by atoms with Gasteiger partial charge in [-0.3, -0.25) is 0 Å². The first-order valence-corrected chi connectivity index (χ1v) is 7.66. The predicted octanol–water partition coefficient (Wildman–Crippen LogP) is 2.90. The molecule has 0 aliphatic heterocycles. The summed E-state index contributed by atoms with van der Waals surface area (Å²) in [6.45, 7) is 3.37. The summed E-state index contributed by atoms with van der Waals surface area (Å²) in [7, 11) is 0. The molecule has 2 aromatic rings. The highest BCUT2D eigenvalue weighted by atomic mass is 19.4. The molecule has 1 aromatic carbocycles. The molecule has 3 rings (SSSR count). The molecule has 0 saturated heterocycles. The number of nitrogens with zero attached hydrogens (tertiary/aromatic N) is 3. The SMILES string of the molecule is Cc1nc(N[C@H]2C[C@](C)(O)C2)nnc1-c1ccc(C(F)(F)F)cc1O. The Bertz CT molecular complexity index is 800. The summed E-state index contributed by atoms with van der Waals surface area (Å²) in [5, 5.41) is 30.5. The average molecular weight is 354 g/mol. The van der Waals surface area contributed by atoms with E-state index < -0.39 is 23.1 Å². The van der Waals surface area contributed by atoms with E-state index in [4.69, 9.17) is 0 Å². The molecule has 0 amide bonds. The minimum atomic E-state index is -4.53. The molecule has 1 aliphatic rings. The zero-order chi connectivity index (χ0) is 18.4. The molecule has 1 saturated carbocycles. The Kier molecular flexibility index (Phi) is 4.06. The fourth-order valence-corrected chi connectivity index (χ4v) is 2.91. The molecule has 0 atom stereocenters. The molecule has 0 radical (unpaired) electrons. The number of aromatic hydroxyl groups is 1. The Balaban J connectivity index is 1.82. The van der Waals surface area contributed by atoms with E-state index in [1.54, 1.807) is 13.8 Å². The first kappa shape index (κ1) is 17.4. The number of halogens is 3. The molecule has 25 heavy (non-hydrogen) atoms. The van der Waals surface area contributed by atoms with Gasteiger partial charge in [-0.25, -0.2) is 4.98 Å². The largest absolute Gasteiger partial charge is 0.507 e. The summed E-state index contributed by atoms with van der Waals surface area (Å²) in [5.74, 6) is -0.266. The van der Waals surface area contributed by atoms with Crippen LogP contribution in [-0.2, 0) is 6.18 Å². The van der Waals surface area contributed by atoms with Crippen molar-refractivity contribution in [1.82, 2.24) is 15.2 Å². The van der Waals surface area contributed by atoms with E-state index in [0.717, 1.165) is 12.1 Å². The van der Waals surface area contributed by atoms with Gasteiger partial charge in [-0.05, 0) is 44.9 Å². The molecule has 0 bridgehead atoms. The van der Waals surface area contributed by atoms with Crippen molar-refractivity contribution in [3.8, 4) is 17.0 Å². The van der Waals surface area contributed by atoms with Gasteiger partial charge in [-0.2, -0.15) is 13.2 Å². The number of hydrogen-bond acceptors (Lipinski definition) is 6. The van der Waals surface area contributed by atoms with Gasteiger partial charge in [0.1, 0.15) is 11.4 Å². The number of hydrogen-bond donors (Lipinski definition) is 3. The van der Waals surface area contributed by atoms with Gasteiger partial charge in [0, 0.05) is 11.6 Å². The zero-order valence-electron chi connectivity index (χ0n) is 13.6. The van der Waals surface area contributed by atoms with Gasteiger partial charge in [0.05, 0.1) is 16.9 Å². The smallest absolute Gasteiger partial charge is 0.416 e. The van der Waals surface area contributed by atoms with Crippen LogP contribution in [0, 0.1) is 6.92 Å². The molecule has 1 aromatic heterocycles. The highest BCUT2D eigenvalue weighted by molar-refractivity contribution is 5.69. The van der Waals surface area contributed by atoms with Crippen LogP contribution < -0.4 is 5.32 Å². The summed E-state index contributed by atoms with van der Waals surface area (Å²) in [6.07, 6.45) is -3.40. The summed E-state index contributed by atoms with van der Waals surface area (Å²) in [5.41, 5.74) is -0.881. The molecule has 3 N–H and O–H groups in total. The number of rotatable bonds is 3. The Morgan fingerprint density at radius 2 is 1.92 bits per heavy atom. The van der Waals surface area contributed by atoms with Gasteiger partial charge in [0.25, 0.3) is 0 Å². The Labute approximate surface area is 141 Å². The first-order valence-electron chi connectivity index (χ1n) is 7.66. The van der Waals surface area contributed by atoms with Crippen molar-refractivity contribution in [2.45, 2.75) is 44.5 Å². The molecular weight excluding hydrogens is 337 g/mol. The fraction of sp³-hybridized carbons (Fsp3) is 0.438. The molecule has 0 spiro atoms. The molecule has 1 heterocycles. The topological polar surface area (TPSA) is 91.2 Å². The monoisotopic (exact) mass is 354 g/mol. The number of aliphatic hydroxyl groups is 1. The third-order valence-corrected chi connectivity index (χ3v) is 4.15. The number of phenolic OH excluding ortho intramolecular Hbond substituents is 1. The second-order valence-corrected chi connectivity index (χ2v) is 6.55. The minimum absolute atomic E-state index is 0.0431. The van der Waals surface area contributed by atoms with E-state index >= 15 is 0 Å². The van der Waals surface area contributed by atoms with Crippen molar-refractivity contribution >= 4 is 5.95 Å². The molecule has 6 nitrogen and oxygen atoms in total. The molecule has 1 fully saturated rings. The van der Waals surface area contributed by atoms with Crippen molar-refractivity contribution in [3.05, 3.63) is 29.5 Å². The Hall–Kier alpha value is -2.42. The number of aryl methyl sites for hydroxylation is 1. The normalized spacial score (nSPS) is 23.2. The quantitative estimate of drug-likeness (QED) is 0.785. The maximum atomic E-state index is 12.7. The van der Waals surface area contributed by atoms with Crippen LogP contribution in [-0.4, -0.2) is 37.0 Å². The van der Waals surface area contributed by atoms with Gasteiger partial charge < -0.3 is 15.5 Å². The van der Waals surface area contributed by atoms with Crippen LogP contribution in [0.3, 0.4) is 0 Å². The van der Waals surface area contributed by atoms with Crippen LogP contribution in [0.1, 0.15) is 31.0 Å². The third kappa shape index (κ3) is 3.65. The lowest BCUT2D eigenvalue weighted by Crippen LogP contribution is -2.48. The highest BCUT2D eigenvalue weighted by Crippen LogP contribution is 2.37. The van der Waals surface area contributed by atoms with Crippen LogP contribution in [0.25, 0.3) is 11.3 Å². The lowest BCUT2D eigenvalue weighted by Gasteiger charge is -2.41. The fourth-order valence-electron chi connectivity index (χ4n) is 2.91. The first-order chi connectivity index (χ1) is 11.5. The molecule has 0 unspecified atom stereocenters. The summed E-state index contributed by atoms with van der Waals surface area (Å²) in [4.78, 5) is 4.23. The number of anilines is 1.